The van der Waals surface area contributed by atoms with E-state index < -0.39 is 23.9 Å². The van der Waals surface area contributed by atoms with Gasteiger partial charge in [0, 0.05) is 5.02 Å². The molecule has 0 aromatic heterocycles. The fraction of sp³-hybridized carbons (Fsp3) is 0.200. The maximum Gasteiger partial charge on any atom is 0.416 e. The van der Waals surface area contributed by atoms with Gasteiger partial charge in [0.15, 0.2) is 0 Å². The number of halogens is 4. The molecule has 2 atom stereocenters. The van der Waals surface area contributed by atoms with E-state index >= 15 is 0 Å². The molecule has 112 valence electrons. The predicted molar refractivity (Wildman–Crippen MR) is 74.8 cm³/mol. The molecule has 0 aliphatic carbocycles. The molecule has 0 aliphatic rings. The third-order valence-electron chi connectivity index (χ3n) is 3.15. The SMILES string of the molecule is N[C@H](c1ccc(C(F)(F)F)cc1)[C@H](O)c1cccc(Cl)c1. The lowest BCUT2D eigenvalue weighted by Crippen LogP contribution is -2.19. The van der Waals surface area contributed by atoms with Crippen LogP contribution in [0.4, 0.5) is 13.2 Å². The zero-order valence-corrected chi connectivity index (χ0v) is 11.6. The predicted octanol–water partition coefficient (Wildman–Crippen LogP) is 4.09. The quantitative estimate of drug-likeness (QED) is 0.896. The molecule has 6 heteroatoms. The van der Waals surface area contributed by atoms with Crippen LogP contribution >= 0.6 is 11.6 Å². The minimum absolute atomic E-state index is 0.412. The van der Waals surface area contributed by atoms with Gasteiger partial charge < -0.3 is 10.8 Å². The zero-order valence-electron chi connectivity index (χ0n) is 10.8. The third-order valence-corrected chi connectivity index (χ3v) is 3.39. The topological polar surface area (TPSA) is 46.2 Å². The van der Waals surface area contributed by atoms with Crippen LogP contribution in [0, 0.1) is 0 Å². The Labute approximate surface area is 125 Å². The molecular weight excluding hydrogens is 303 g/mol. The van der Waals surface area contributed by atoms with E-state index in [1.54, 1.807) is 24.3 Å². The number of benzene rings is 2. The van der Waals surface area contributed by atoms with Crippen molar-refractivity contribution in [3.05, 3.63) is 70.2 Å². The minimum Gasteiger partial charge on any atom is -0.386 e. The van der Waals surface area contributed by atoms with E-state index in [0.29, 0.717) is 16.1 Å². The number of nitrogens with two attached hydrogens (primary N) is 1. The van der Waals surface area contributed by atoms with E-state index in [1.807, 2.05) is 0 Å². The monoisotopic (exact) mass is 315 g/mol. The lowest BCUT2D eigenvalue weighted by atomic mass is 9.96. The average Bonchev–Trinajstić information content (AvgIpc) is 2.45. The van der Waals surface area contributed by atoms with Crippen molar-refractivity contribution in [1.29, 1.82) is 0 Å². The van der Waals surface area contributed by atoms with Crippen LogP contribution in [0.3, 0.4) is 0 Å². The first-order chi connectivity index (χ1) is 9.79. The summed E-state index contributed by atoms with van der Waals surface area (Å²) in [5.74, 6) is 0. The Morgan fingerprint density at radius 1 is 1.00 bits per heavy atom. The molecule has 2 aromatic rings. The van der Waals surface area contributed by atoms with Crippen LogP contribution in [-0.4, -0.2) is 5.11 Å². The Balaban J connectivity index is 2.21. The summed E-state index contributed by atoms with van der Waals surface area (Å²) in [6, 6.07) is 10.1. The molecule has 0 amide bonds. The van der Waals surface area contributed by atoms with Gasteiger partial charge in [-0.05, 0) is 35.4 Å². The fourth-order valence-electron chi connectivity index (χ4n) is 1.97. The van der Waals surface area contributed by atoms with Crippen molar-refractivity contribution in [2.24, 2.45) is 5.73 Å². The smallest absolute Gasteiger partial charge is 0.386 e. The van der Waals surface area contributed by atoms with Crippen molar-refractivity contribution in [3.8, 4) is 0 Å². The standard InChI is InChI=1S/C15H13ClF3NO/c16-12-3-1-2-10(8-12)14(21)13(20)9-4-6-11(7-5-9)15(17,18)19/h1-8,13-14,21H,20H2/t13-,14-/m1/s1. The van der Waals surface area contributed by atoms with Crippen molar-refractivity contribution in [1.82, 2.24) is 0 Å². The number of aliphatic hydroxyl groups is 1. The van der Waals surface area contributed by atoms with Gasteiger partial charge in [-0.25, -0.2) is 0 Å². The van der Waals surface area contributed by atoms with Crippen LogP contribution in [-0.2, 0) is 6.18 Å². The summed E-state index contributed by atoms with van der Waals surface area (Å²) in [7, 11) is 0. The molecule has 0 aliphatic heterocycles. The Morgan fingerprint density at radius 3 is 2.14 bits per heavy atom. The van der Waals surface area contributed by atoms with E-state index in [0.717, 1.165) is 12.1 Å². The molecular formula is C15H13ClF3NO. The van der Waals surface area contributed by atoms with Crippen molar-refractivity contribution in [2.45, 2.75) is 18.3 Å². The molecule has 0 saturated carbocycles. The van der Waals surface area contributed by atoms with E-state index in [4.69, 9.17) is 17.3 Å². The second kappa shape index (κ2) is 6.05. The van der Waals surface area contributed by atoms with Gasteiger partial charge in [-0.15, -0.1) is 0 Å². The summed E-state index contributed by atoms with van der Waals surface area (Å²) < 4.78 is 37.5. The van der Waals surface area contributed by atoms with E-state index in [-0.39, 0.29) is 0 Å². The number of hydrogen-bond donors (Lipinski definition) is 2. The molecule has 2 aromatic carbocycles. The maximum atomic E-state index is 12.5. The van der Waals surface area contributed by atoms with Crippen LogP contribution in [0.2, 0.25) is 5.02 Å². The maximum absolute atomic E-state index is 12.5. The molecule has 0 heterocycles. The van der Waals surface area contributed by atoms with E-state index in [1.165, 1.54) is 12.1 Å². The van der Waals surface area contributed by atoms with Crippen LogP contribution in [0.15, 0.2) is 48.5 Å². The zero-order chi connectivity index (χ0) is 15.6. The van der Waals surface area contributed by atoms with Crippen molar-refractivity contribution < 1.29 is 18.3 Å². The van der Waals surface area contributed by atoms with Crippen molar-refractivity contribution in [3.63, 3.8) is 0 Å². The highest BCUT2D eigenvalue weighted by atomic mass is 35.5. The highest BCUT2D eigenvalue weighted by Gasteiger charge is 2.30. The first-order valence-electron chi connectivity index (χ1n) is 6.15. The largest absolute Gasteiger partial charge is 0.416 e. The van der Waals surface area contributed by atoms with Gasteiger partial charge in [-0.3, -0.25) is 0 Å². The third kappa shape index (κ3) is 3.75. The van der Waals surface area contributed by atoms with Gasteiger partial charge in [0.25, 0.3) is 0 Å². The van der Waals surface area contributed by atoms with Gasteiger partial charge in [-0.1, -0.05) is 35.9 Å². The number of rotatable bonds is 3. The molecule has 0 unspecified atom stereocenters. The Kier molecular flexibility index (Phi) is 4.56. The van der Waals surface area contributed by atoms with Crippen LogP contribution in [0.5, 0.6) is 0 Å². The minimum atomic E-state index is -4.39. The first kappa shape index (κ1) is 15.8. The average molecular weight is 316 g/mol. The van der Waals surface area contributed by atoms with E-state index in [2.05, 4.69) is 0 Å². The summed E-state index contributed by atoms with van der Waals surface area (Å²) in [5.41, 5.74) is 6.07. The van der Waals surface area contributed by atoms with E-state index in [9.17, 15) is 18.3 Å². The molecule has 0 spiro atoms. The summed E-state index contributed by atoms with van der Waals surface area (Å²) in [4.78, 5) is 0. The molecule has 2 rings (SSSR count). The summed E-state index contributed by atoms with van der Waals surface area (Å²) in [6.45, 7) is 0. The Bertz CT molecular complexity index is 613. The summed E-state index contributed by atoms with van der Waals surface area (Å²) >= 11 is 5.83. The molecule has 0 fully saturated rings. The van der Waals surface area contributed by atoms with Gasteiger partial charge in [0.2, 0.25) is 0 Å². The highest BCUT2D eigenvalue weighted by molar-refractivity contribution is 6.30. The lowest BCUT2D eigenvalue weighted by molar-refractivity contribution is -0.137. The van der Waals surface area contributed by atoms with Crippen molar-refractivity contribution >= 4 is 11.6 Å². The first-order valence-corrected chi connectivity index (χ1v) is 6.53. The van der Waals surface area contributed by atoms with Crippen molar-refractivity contribution in [2.75, 3.05) is 0 Å². The van der Waals surface area contributed by atoms with Gasteiger partial charge in [-0.2, -0.15) is 13.2 Å². The second-order valence-electron chi connectivity index (χ2n) is 4.65. The number of hydrogen-bond acceptors (Lipinski definition) is 2. The molecule has 0 bridgehead atoms. The highest BCUT2D eigenvalue weighted by Crippen LogP contribution is 2.32. The number of aliphatic hydroxyl groups excluding tert-OH is 1. The van der Waals surface area contributed by atoms with Gasteiger partial charge in [0.05, 0.1) is 17.7 Å². The lowest BCUT2D eigenvalue weighted by Gasteiger charge is -2.20. The Morgan fingerprint density at radius 2 is 1.62 bits per heavy atom. The van der Waals surface area contributed by atoms with Gasteiger partial charge in [0.1, 0.15) is 0 Å². The summed E-state index contributed by atoms with van der Waals surface area (Å²) in [6.07, 6.45) is -5.45. The molecule has 0 radical (unpaired) electrons. The van der Waals surface area contributed by atoms with Crippen LogP contribution in [0.25, 0.3) is 0 Å². The normalized spacial score (nSPS) is 14.8. The molecule has 0 saturated heterocycles. The second-order valence-corrected chi connectivity index (χ2v) is 5.08. The van der Waals surface area contributed by atoms with Crippen LogP contribution in [0.1, 0.15) is 28.8 Å². The summed E-state index contributed by atoms with van der Waals surface area (Å²) in [5, 5.41) is 10.6. The van der Waals surface area contributed by atoms with Gasteiger partial charge >= 0.3 is 6.18 Å². The van der Waals surface area contributed by atoms with Crippen LogP contribution < -0.4 is 5.73 Å². The Hall–Kier alpha value is -1.56. The molecule has 2 nitrogen and oxygen atoms in total. The fourth-order valence-corrected chi connectivity index (χ4v) is 2.17. The molecule has 21 heavy (non-hydrogen) atoms. The molecule has 3 N–H and O–H groups in total. The number of alkyl halides is 3.